The Morgan fingerprint density at radius 1 is 1.36 bits per heavy atom. The molecule has 1 aromatic heterocycles. The number of amides is 1. The Kier molecular flexibility index (Phi) is 5.29. The fourth-order valence-corrected chi connectivity index (χ4v) is 3.67. The van der Waals surface area contributed by atoms with Gasteiger partial charge in [0.05, 0.1) is 33.9 Å². The van der Waals surface area contributed by atoms with Gasteiger partial charge in [0.1, 0.15) is 11.1 Å². The summed E-state index contributed by atoms with van der Waals surface area (Å²) in [5, 5.41) is 12.9. The number of rotatable bonds is 5. The molecule has 25 heavy (non-hydrogen) atoms. The summed E-state index contributed by atoms with van der Waals surface area (Å²) in [6.45, 7) is 0.828. The highest BCUT2D eigenvalue weighted by atomic mass is 35.5. The third-order valence-electron chi connectivity index (χ3n) is 3.53. The lowest BCUT2D eigenvalue weighted by Crippen LogP contribution is -2.29. The third-order valence-corrected chi connectivity index (χ3v) is 4.86. The summed E-state index contributed by atoms with van der Waals surface area (Å²) in [5.41, 5.74) is 1.93. The van der Waals surface area contributed by atoms with Crippen LogP contribution in [0, 0.1) is 11.3 Å². The molecule has 0 unspecified atom stereocenters. The monoisotopic (exact) mass is 370 g/mol. The van der Waals surface area contributed by atoms with Crippen LogP contribution < -0.4 is 5.32 Å². The molecule has 0 aliphatic heterocycles. The van der Waals surface area contributed by atoms with E-state index in [1.807, 2.05) is 42.3 Å². The quantitative estimate of drug-likeness (QED) is 0.739. The zero-order chi connectivity index (χ0) is 17.8. The number of carbonyl (C=O) groups is 1. The molecule has 126 valence electrons. The second-order valence-electron chi connectivity index (χ2n) is 5.60. The van der Waals surface area contributed by atoms with E-state index in [1.165, 1.54) is 0 Å². The van der Waals surface area contributed by atoms with Gasteiger partial charge in [-0.25, -0.2) is 4.98 Å². The molecule has 0 radical (unpaired) electrons. The number of hydrogen-bond acceptors (Lipinski definition) is 5. The maximum absolute atomic E-state index is 12.2. The number of nitrogens with one attached hydrogen (secondary N) is 1. The van der Waals surface area contributed by atoms with Crippen molar-refractivity contribution < 1.29 is 4.79 Å². The van der Waals surface area contributed by atoms with Crippen molar-refractivity contribution in [1.82, 2.24) is 9.88 Å². The highest BCUT2D eigenvalue weighted by Gasteiger charge is 2.11. The van der Waals surface area contributed by atoms with Crippen LogP contribution in [0.1, 0.15) is 10.6 Å². The van der Waals surface area contributed by atoms with E-state index in [0.29, 0.717) is 22.8 Å². The number of anilines is 1. The molecule has 2 aromatic carbocycles. The Morgan fingerprint density at radius 3 is 2.88 bits per heavy atom. The fraction of sp³-hybridized carbons (Fsp3) is 0.167. The van der Waals surface area contributed by atoms with Crippen molar-refractivity contribution in [3.8, 4) is 6.07 Å². The van der Waals surface area contributed by atoms with Crippen molar-refractivity contribution in [2.75, 3.05) is 18.9 Å². The highest BCUT2D eigenvalue weighted by molar-refractivity contribution is 7.18. The van der Waals surface area contributed by atoms with Crippen LogP contribution in [0.3, 0.4) is 0 Å². The zero-order valence-electron chi connectivity index (χ0n) is 13.5. The minimum Gasteiger partial charge on any atom is -0.325 e. The first-order valence-electron chi connectivity index (χ1n) is 7.57. The largest absolute Gasteiger partial charge is 0.325 e. The number of halogens is 1. The molecule has 0 aliphatic carbocycles. The van der Waals surface area contributed by atoms with Gasteiger partial charge in [0, 0.05) is 5.69 Å². The Bertz CT molecular complexity index is 930. The summed E-state index contributed by atoms with van der Waals surface area (Å²) in [6.07, 6.45) is 0. The van der Waals surface area contributed by atoms with Gasteiger partial charge in [-0.1, -0.05) is 23.7 Å². The van der Waals surface area contributed by atoms with E-state index >= 15 is 0 Å². The molecule has 0 bridgehead atoms. The van der Waals surface area contributed by atoms with Gasteiger partial charge in [0.15, 0.2) is 0 Å². The molecule has 7 heteroatoms. The SMILES string of the molecule is CN(CC(=O)Nc1ccc(C#N)c(Cl)c1)Cc1nc2ccccc2s1. The van der Waals surface area contributed by atoms with Crippen molar-refractivity contribution in [3.63, 3.8) is 0 Å². The van der Waals surface area contributed by atoms with Crippen LogP contribution in [0.25, 0.3) is 10.2 Å². The Balaban J connectivity index is 1.58. The molecule has 3 aromatic rings. The van der Waals surface area contributed by atoms with Crippen LogP contribution in [0.15, 0.2) is 42.5 Å². The molecule has 3 rings (SSSR count). The number of fused-ring (bicyclic) bond motifs is 1. The minimum atomic E-state index is -0.149. The number of nitrogens with zero attached hydrogens (tertiary/aromatic N) is 3. The molecular weight excluding hydrogens is 356 g/mol. The van der Waals surface area contributed by atoms with Gasteiger partial charge in [-0.05, 0) is 37.4 Å². The Morgan fingerprint density at radius 2 is 2.16 bits per heavy atom. The number of aromatic nitrogens is 1. The lowest BCUT2D eigenvalue weighted by Gasteiger charge is -2.14. The van der Waals surface area contributed by atoms with Crippen LogP contribution in [0.2, 0.25) is 5.02 Å². The molecule has 0 spiro atoms. The maximum Gasteiger partial charge on any atom is 0.238 e. The molecule has 0 saturated heterocycles. The molecular formula is C18H15ClN4OS. The first kappa shape index (κ1) is 17.4. The molecule has 0 aliphatic rings. The number of carbonyl (C=O) groups excluding carboxylic acids is 1. The molecule has 0 atom stereocenters. The first-order chi connectivity index (χ1) is 12.0. The van der Waals surface area contributed by atoms with E-state index in [2.05, 4.69) is 10.3 Å². The van der Waals surface area contributed by atoms with Gasteiger partial charge < -0.3 is 5.32 Å². The van der Waals surface area contributed by atoms with Crippen molar-refractivity contribution in [1.29, 1.82) is 5.26 Å². The third kappa shape index (κ3) is 4.34. The van der Waals surface area contributed by atoms with E-state index in [-0.39, 0.29) is 12.5 Å². The van der Waals surface area contributed by atoms with E-state index in [4.69, 9.17) is 16.9 Å². The fourth-order valence-electron chi connectivity index (χ4n) is 2.40. The Labute approximate surface area is 154 Å². The minimum absolute atomic E-state index is 0.149. The van der Waals surface area contributed by atoms with Gasteiger partial charge in [0.2, 0.25) is 5.91 Å². The topological polar surface area (TPSA) is 69.0 Å². The second kappa shape index (κ2) is 7.62. The van der Waals surface area contributed by atoms with Gasteiger partial charge in [-0.2, -0.15) is 5.26 Å². The van der Waals surface area contributed by atoms with E-state index < -0.39 is 0 Å². The second-order valence-corrected chi connectivity index (χ2v) is 7.12. The van der Waals surface area contributed by atoms with Crippen LogP contribution in [-0.2, 0) is 11.3 Å². The summed E-state index contributed by atoms with van der Waals surface area (Å²) in [6, 6.07) is 14.8. The number of thiazole rings is 1. The van der Waals surface area contributed by atoms with Crippen molar-refractivity contribution >= 4 is 44.7 Å². The maximum atomic E-state index is 12.2. The zero-order valence-corrected chi connectivity index (χ0v) is 15.1. The van der Waals surface area contributed by atoms with Crippen molar-refractivity contribution in [2.24, 2.45) is 0 Å². The summed E-state index contributed by atoms with van der Waals surface area (Å²) in [5.74, 6) is -0.149. The predicted molar refractivity (Wildman–Crippen MR) is 101 cm³/mol. The van der Waals surface area contributed by atoms with Gasteiger partial charge in [0.25, 0.3) is 0 Å². The molecule has 0 saturated carbocycles. The average molecular weight is 371 g/mol. The predicted octanol–water partition coefficient (Wildman–Crippen LogP) is 3.89. The van der Waals surface area contributed by atoms with Crippen molar-refractivity contribution in [2.45, 2.75) is 6.54 Å². The molecule has 1 amide bonds. The standard InChI is InChI=1S/C18H15ClN4OS/c1-23(11-18-22-15-4-2-3-5-16(15)25-18)10-17(24)21-13-7-6-12(9-20)14(19)8-13/h2-8H,10-11H2,1H3,(H,21,24). The lowest BCUT2D eigenvalue weighted by molar-refractivity contribution is -0.117. The van der Waals surface area contributed by atoms with Crippen LogP contribution in [0.4, 0.5) is 5.69 Å². The molecule has 0 fully saturated rings. The Hall–Kier alpha value is -2.46. The molecule has 5 nitrogen and oxygen atoms in total. The van der Waals surface area contributed by atoms with Crippen LogP contribution >= 0.6 is 22.9 Å². The van der Waals surface area contributed by atoms with Crippen LogP contribution in [0.5, 0.6) is 0 Å². The van der Waals surface area contributed by atoms with Gasteiger partial charge >= 0.3 is 0 Å². The van der Waals surface area contributed by atoms with Crippen molar-refractivity contribution in [3.05, 3.63) is 58.1 Å². The number of para-hydroxylation sites is 1. The normalized spacial score (nSPS) is 10.8. The summed E-state index contributed by atoms with van der Waals surface area (Å²) in [4.78, 5) is 18.6. The van der Waals surface area contributed by atoms with Gasteiger partial charge in [-0.3, -0.25) is 9.69 Å². The molecule has 1 heterocycles. The smallest absolute Gasteiger partial charge is 0.238 e. The van der Waals surface area contributed by atoms with E-state index in [1.54, 1.807) is 29.5 Å². The van der Waals surface area contributed by atoms with Gasteiger partial charge in [-0.15, -0.1) is 11.3 Å². The van der Waals surface area contributed by atoms with E-state index in [9.17, 15) is 4.79 Å². The van der Waals surface area contributed by atoms with E-state index in [0.717, 1.165) is 15.2 Å². The molecule has 1 N–H and O–H groups in total. The number of benzene rings is 2. The lowest BCUT2D eigenvalue weighted by atomic mass is 10.2. The number of hydrogen-bond donors (Lipinski definition) is 1. The first-order valence-corrected chi connectivity index (χ1v) is 8.77. The van der Waals surface area contributed by atoms with Crippen LogP contribution in [-0.4, -0.2) is 29.4 Å². The summed E-state index contributed by atoms with van der Waals surface area (Å²) < 4.78 is 1.14. The number of likely N-dealkylation sites (N-methyl/N-ethyl adjacent to an activating group) is 1. The highest BCUT2D eigenvalue weighted by Crippen LogP contribution is 2.22. The average Bonchev–Trinajstić information content (AvgIpc) is 2.96. The number of nitriles is 1. The summed E-state index contributed by atoms with van der Waals surface area (Å²) >= 11 is 7.60. The summed E-state index contributed by atoms with van der Waals surface area (Å²) in [7, 11) is 1.87.